The zero-order valence-corrected chi connectivity index (χ0v) is 14.8. The lowest BCUT2D eigenvalue weighted by Gasteiger charge is -2.16. The second kappa shape index (κ2) is 9.18. The maximum atomic E-state index is 13.5. The summed E-state index contributed by atoms with van der Waals surface area (Å²) in [6.45, 7) is -0.629. The van der Waals surface area contributed by atoms with Crippen LogP contribution in [0.5, 0.6) is 0 Å². The van der Waals surface area contributed by atoms with Gasteiger partial charge in [-0.3, -0.25) is 4.79 Å². The van der Waals surface area contributed by atoms with Gasteiger partial charge in [0.1, 0.15) is 17.6 Å². The third kappa shape index (κ3) is 6.03. The third-order valence-electron chi connectivity index (χ3n) is 3.71. The molecule has 29 heavy (non-hydrogen) atoms. The van der Waals surface area contributed by atoms with Crippen LogP contribution in [0.3, 0.4) is 0 Å². The van der Waals surface area contributed by atoms with Crippen LogP contribution in [-0.4, -0.2) is 23.2 Å². The number of benzene rings is 2. The molecule has 0 heterocycles. The number of rotatable bonds is 6. The molecule has 0 aliphatic carbocycles. The molecule has 2 rings (SSSR count). The van der Waals surface area contributed by atoms with E-state index < -0.39 is 36.2 Å². The molecule has 0 spiro atoms. The minimum Gasteiger partial charge on any atom is -0.392 e. The first-order valence-corrected chi connectivity index (χ1v) is 8.16. The van der Waals surface area contributed by atoms with Crippen molar-refractivity contribution in [1.82, 2.24) is 0 Å². The van der Waals surface area contributed by atoms with Gasteiger partial charge < -0.3 is 21.5 Å². The summed E-state index contributed by atoms with van der Waals surface area (Å²) in [6.07, 6.45) is -4.30. The van der Waals surface area contributed by atoms with E-state index in [1.165, 1.54) is 30.3 Å². The lowest BCUT2D eigenvalue weighted by Crippen LogP contribution is -2.37. The monoisotopic (exact) mass is 408 g/mol. The molecule has 0 aliphatic rings. The summed E-state index contributed by atoms with van der Waals surface area (Å²) in [5.74, 6) is -1.69. The van der Waals surface area contributed by atoms with E-state index in [0.717, 1.165) is 12.1 Å². The van der Waals surface area contributed by atoms with Crippen LogP contribution in [0.15, 0.2) is 54.2 Å². The van der Waals surface area contributed by atoms with Gasteiger partial charge in [0.15, 0.2) is 0 Å². The minimum absolute atomic E-state index is 0.0551. The van der Waals surface area contributed by atoms with Crippen molar-refractivity contribution >= 4 is 17.3 Å². The summed E-state index contributed by atoms with van der Waals surface area (Å²) in [5.41, 5.74) is 4.94. The van der Waals surface area contributed by atoms with Crippen LogP contribution in [0.25, 0.3) is 0 Å². The molecule has 1 atom stereocenters. The first-order chi connectivity index (χ1) is 13.6. The number of aliphatic hydroxyl groups excluding tert-OH is 1. The van der Waals surface area contributed by atoms with E-state index in [0.29, 0.717) is 6.08 Å². The van der Waals surface area contributed by atoms with Gasteiger partial charge in [-0.05, 0) is 42.5 Å². The Balaban J connectivity index is 2.34. The van der Waals surface area contributed by atoms with Crippen LogP contribution in [0.4, 0.5) is 28.9 Å². The van der Waals surface area contributed by atoms with E-state index in [9.17, 15) is 22.4 Å². The molecule has 0 aromatic heterocycles. The van der Waals surface area contributed by atoms with Gasteiger partial charge in [0.2, 0.25) is 0 Å². The molecule has 0 aliphatic heterocycles. The van der Waals surface area contributed by atoms with Crippen LogP contribution in [0.1, 0.15) is 11.1 Å². The molecule has 1 unspecified atom stereocenters. The summed E-state index contributed by atoms with van der Waals surface area (Å²) < 4.78 is 52.0. The number of nitriles is 1. The third-order valence-corrected chi connectivity index (χ3v) is 3.71. The Morgan fingerprint density at radius 3 is 2.52 bits per heavy atom. The van der Waals surface area contributed by atoms with Crippen molar-refractivity contribution in [2.75, 3.05) is 10.6 Å². The number of amides is 1. The second-order valence-corrected chi connectivity index (χ2v) is 5.88. The van der Waals surface area contributed by atoms with E-state index in [1.807, 2.05) is 6.07 Å². The van der Waals surface area contributed by atoms with Crippen LogP contribution >= 0.6 is 0 Å². The van der Waals surface area contributed by atoms with Crippen molar-refractivity contribution in [2.45, 2.75) is 18.8 Å². The van der Waals surface area contributed by atoms with Gasteiger partial charge in [-0.2, -0.15) is 18.4 Å². The topological polar surface area (TPSA) is 111 Å². The van der Waals surface area contributed by atoms with Crippen LogP contribution in [0, 0.1) is 17.1 Å². The van der Waals surface area contributed by atoms with Crippen LogP contribution < -0.4 is 16.4 Å². The highest BCUT2D eigenvalue weighted by Gasteiger charge is 2.36. The number of nitrogens with two attached hydrogens (primary N) is 1. The van der Waals surface area contributed by atoms with Crippen molar-refractivity contribution in [3.63, 3.8) is 0 Å². The molecule has 0 saturated carbocycles. The number of nitrogens with zero attached hydrogens (tertiary/aromatic N) is 1. The number of nitrogens with one attached hydrogen (secondary N) is 2. The number of hydrogen-bond donors (Lipinski definition) is 4. The average molecular weight is 408 g/mol. The predicted octanol–water partition coefficient (Wildman–Crippen LogP) is 3.01. The molecule has 2 aromatic rings. The highest BCUT2D eigenvalue weighted by Crippen LogP contribution is 2.22. The first kappa shape index (κ1) is 21.9. The van der Waals surface area contributed by atoms with Gasteiger partial charge in [-0.25, -0.2) is 4.39 Å². The van der Waals surface area contributed by atoms with E-state index in [2.05, 4.69) is 10.6 Å². The Bertz CT molecular complexity index is 967. The summed E-state index contributed by atoms with van der Waals surface area (Å²) in [6, 6.07) is 8.50. The molecule has 5 N–H and O–H groups in total. The van der Waals surface area contributed by atoms with Crippen molar-refractivity contribution < 1.29 is 27.5 Å². The summed E-state index contributed by atoms with van der Waals surface area (Å²) in [7, 11) is 0. The Morgan fingerprint density at radius 1 is 1.21 bits per heavy atom. The molecule has 10 heteroatoms. The first-order valence-electron chi connectivity index (χ1n) is 8.16. The van der Waals surface area contributed by atoms with E-state index in [1.54, 1.807) is 0 Å². The van der Waals surface area contributed by atoms with Crippen LogP contribution in [0.2, 0.25) is 0 Å². The number of hydrogen-bond acceptors (Lipinski definition) is 5. The highest BCUT2D eigenvalue weighted by atomic mass is 19.4. The van der Waals surface area contributed by atoms with Gasteiger partial charge >= 0.3 is 6.18 Å². The molecular formula is C19H16F4N4O2. The van der Waals surface area contributed by atoms with Crippen molar-refractivity contribution in [1.29, 1.82) is 5.26 Å². The number of alkyl halides is 3. The fraction of sp³-hybridized carbons (Fsp3) is 0.158. The molecule has 152 valence electrons. The van der Waals surface area contributed by atoms with Gasteiger partial charge in [0, 0.05) is 16.9 Å². The lowest BCUT2D eigenvalue weighted by atomic mass is 10.1. The van der Waals surface area contributed by atoms with Crippen molar-refractivity contribution in [3.8, 4) is 6.07 Å². The Kier molecular flexibility index (Phi) is 6.93. The lowest BCUT2D eigenvalue weighted by molar-refractivity contribution is -0.137. The minimum atomic E-state index is -4.79. The summed E-state index contributed by atoms with van der Waals surface area (Å²) in [5, 5.41) is 22.9. The largest absolute Gasteiger partial charge is 0.407 e. The number of anilines is 2. The molecule has 0 saturated heterocycles. The normalized spacial score (nSPS) is 12.8. The zero-order valence-electron chi connectivity index (χ0n) is 14.8. The molecular weight excluding hydrogens is 392 g/mol. The zero-order chi connectivity index (χ0) is 21.6. The maximum Gasteiger partial charge on any atom is 0.407 e. The fourth-order valence-corrected chi connectivity index (χ4v) is 2.24. The highest BCUT2D eigenvalue weighted by molar-refractivity contribution is 6.05. The predicted molar refractivity (Wildman–Crippen MR) is 97.8 cm³/mol. The SMILES string of the molecule is N#Cc1cccc(N/C(=C\C(N)C(F)(F)F)C(=O)Nc2ccc(F)c(CO)c2)c1. The molecule has 0 fully saturated rings. The average Bonchev–Trinajstić information content (AvgIpc) is 2.68. The van der Waals surface area contributed by atoms with Gasteiger partial charge in [0.25, 0.3) is 5.91 Å². The molecule has 6 nitrogen and oxygen atoms in total. The smallest absolute Gasteiger partial charge is 0.392 e. The summed E-state index contributed by atoms with van der Waals surface area (Å²) >= 11 is 0. The quantitative estimate of drug-likeness (QED) is 0.434. The summed E-state index contributed by atoms with van der Waals surface area (Å²) in [4.78, 5) is 12.5. The van der Waals surface area contributed by atoms with E-state index >= 15 is 0 Å². The van der Waals surface area contributed by atoms with Gasteiger partial charge in [-0.1, -0.05) is 6.07 Å². The molecule has 0 bridgehead atoms. The standard InChI is InChI=1S/C19H16F4N4O2/c20-15-5-4-14(7-12(15)10-28)27-18(29)16(8-17(25)19(21,22)23)26-13-3-1-2-11(6-13)9-24/h1-8,17,26,28H,10,25H2,(H,27,29)/b16-8-. The fourth-order valence-electron chi connectivity index (χ4n) is 2.24. The van der Waals surface area contributed by atoms with Crippen molar-refractivity contribution in [3.05, 3.63) is 71.2 Å². The maximum absolute atomic E-state index is 13.5. The number of carbonyl (C=O) groups excluding carboxylic acids is 1. The number of aliphatic hydroxyl groups is 1. The molecule has 2 aromatic carbocycles. The Morgan fingerprint density at radius 2 is 1.90 bits per heavy atom. The second-order valence-electron chi connectivity index (χ2n) is 5.88. The van der Waals surface area contributed by atoms with Gasteiger partial charge in [0.05, 0.1) is 18.2 Å². The molecule has 1 amide bonds. The van der Waals surface area contributed by atoms with Crippen molar-refractivity contribution in [2.24, 2.45) is 5.73 Å². The van der Waals surface area contributed by atoms with E-state index in [-0.39, 0.29) is 22.5 Å². The van der Waals surface area contributed by atoms with Crippen LogP contribution in [-0.2, 0) is 11.4 Å². The number of halogens is 4. The molecule has 0 radical (unpaired) electrons. The Hall–Kier alpha value is -3.42. The number of carbonyl (C=O) groups is 1. The Labute approximate surface area is 163 Å². The van der Waals surface area contributed by atoms with E-state index in [4.69, 9.17) is 16.1 Å². The van der Waals surface area contributed by atoms with Gasteiger partial charge in [-0.15, -0.1) is 0 Å².